The van der Waals surface area contributed by atoms with Crippen LogP contribution in [-0.2, 0) is 11.3 Å². The van der Waals surface area contributed by atoms with E-state index in [0.29, 0.717) is 6.54 Å². The SMILES string of the molecule is Cc1ccc(CNc2nc3c(=O)[nH]c(N)nc3n2C2OC(CO)C(O)C2O)cc1. The number of aryl methyl sites for hydroxylation is 1. The van der Waals surface area contributed by atoms with Crippen molar-refractivity contribution in [2.75, 3.05) is 17.7 Å². The first-order valence-electron chi connectivity index (χ1n) is 9.08. The normalized spacial score (nSPS) is 24.3. The van der Waals surface area contributed by atoms with E-state index in [-0.39, 0.29) is 23.1 Å². The number of nitrogen functional groups attached to an aromatic ring is 1. The summed E-state index contributed by atoms with van der Waals surface area (Å²) in [5.41, 5.74) is 7.32. The Labute approximate surface area is 164 Å². The molecule has 0 bridgehead atoms. The Morgan fingerprint density at radius 2 is 1.97 bits per heavy atom. The fraction of sp³-hybridized carbons (Fsp3) is 0.389. The van der Waals surface area contributed by atoms with E-state index in [9.17, 15) is 20.1 Å². The summed E-state index contributed by atoms with van der Waals surface area (Å²) in [4.78, 5) is 23.1. The zero-order valence-corrected chi connectivity index (χ0v) is 15.6. The van der Waals surface area contributed by atoms with Crippen molar-refractivity contribution in [3.05, 3.63) is 45.7 Å². The summed E-state index contributed by atoms with van der Waals surface area (Å²) in [6, 6.07) is 7.84. The summed E-state index contributed by atoms with van der Waals surface area (Å²) in [5, 5.41) is 33.1. The maximum Gasteiger partial charge on any atom is 0.280 e. The Morgan fingerprint density at radius 3 is 2.62 bits per heavy atom. The number of nitrogens with two attached hydrogens (primary N) is 1. The van der Waals surface area contributed by atoms with Crippen LogP contribution < -0.4 is 16.6 Å². The number of ether oxygens (including phenoxy) is 1. The van der Waals surface area contributed by atoms with Gasteiger partial charge in [0.15, 0.2) is 17.4 Å². The molecule has 1 aliphatic heterocycles. The van der Waals surface area contributed by atoms with Gasteiger partial charge in [-0.15, -0.1) is 0 Å². The van der Waals surface area contributed by atoms with E-state index < -0.39 is 36.7 Å². The van der Waals surface area contributed by atoms with Gasteiger partial charge in [0.25, 0.3) is 5.56 Å². The molecule has 154 valence electrons. The minimum absolute atomic E-state index is 0.00310. The molecule has 1 aromatic carbocycles. The van der Waals surface area contributed by atoms with Gasteiger partial charge in [0, 0.05) is 6.54 Å². The van der Waals surface area contributed by atoms with Crippen molar-refractivity contribution in [3.8, 4) is 0 Å². The maximum absolute atomic E-state index is 12.3. The molecule has 3 aromatic rings. The van der Waals surface area contributed by atoms with Crippen LogP contribution in [0.4, 0.5) is 11.9 Å². The largest absolute Gasteiger partial charge is 0.394 e. The first-order valence-corrected chi connectivity index (χ1v) is 9.08. The van der Waals surface area contributed by atoms with Crippen molar-refractivity contribution in [3.63, 3.8) is 0 Å². The number of aliphatic hydroxyl groups excluding tert-OH is 3. The number of fused-ring (bicyclic) bond motifs is 1. The monoisotopic (exact) mass is 402 g/mol. The van der Waals surface area contributed by atoms with Crippen LogP contribution in [0.2, 0.25) is 0 Å². The fourth-order valence-electron chi connectivity index (χ4n) is 3.35. The standard InChI is InChI=1S/C18H22N6O5/c1-8-2-4-9(5-3-8)6-20-18-21-11-14(22-17(19)23-15(11)28)24(18)16-13(27)12(26)10(7-25)29-16/h2-5,10,12-13,16,25-27H,6-7H2,1H3,(H,20,21)(H3,19,22,23,28). The van der Waals surface area contributed by atoms with Crippen molar-refractivity contribution in [1.29, 1.82) is 0 Å². The van der Waals surface area contributed by atoms with E-state index >= 15 is 0 Å². The minimum atomic E-state index is -1.37. The Kier molecular flexibility index (Phi) is 4.96. The average Bonchev–Trinajstić information content (AvgIpc) is 3.19. The van der Waals surface area contributed by atoms with Crippen LogP contribution in [0.15, 0.2) is 29.1 Å². The zero-order valence-electron chi connectivity index (χ0n) is 15.6. The molecule has 4 unspecified atom stereocenters. The lowest BCUT2D eigenvalue weighted by Crippen LogP contribution is -2.33. The number of aromatic nitrogens is 4. The summed E-state index contributed by atoms with van der Waals surface area (Å²) >= 11 is 0. The summed E-state index contributed by atoms with van der Waals surface area (Å²) in [6.45, 7) is 1.89. The molecule has 1 fully saturated rings. The topological polar surface area (TPSA) is 172 Å². The molecule has 0 radical (unpaired) electrons. The van der Waals surface area contributed by atoms with E-state index in [1.54, 1.807) is 0 Å². The second kappa shape index (κ2) is 7.44. The molecule has 0 amide bonds. The van der Waals surface area contributed by atoms with Crippen molar-refractivity contribution >= 4 is 23.1 Å². The second-order valence-electron chi connectivity index (χ2n) is 7.00. The molecule has 11 nitrogen and oxygen atoms in total. The highest BCUT2D eigenvalue weighted by Crippen LogP contribution is 2.34. The number of H-pyrrole nitrogens is 1. The summed E-state index contributed by atoms with van der Waals surface area (Å²) in [7, 11) is 0. The van der Waals surface area contributed by atoms with Gasteiger partial charge in [-0.1, -0.05) is 29.8 Å². The molecule has 4 rings (SSSR count). The number of aromatic amines is 1. The predicted molar refractivity (Wildman–Crippen MR) is 104 cm³/mol. The third kappa shape index (κ3) is 3.44. The summed E-state index contributed by atoms with van der Waals surface area (Å²) in [6.07, 6.45) is -4.79. The van der Waals surface area contributed by atoms with Gasteiger partial charge in [-0.2, -0.15) is 4.98 Å². The highest BCUT2D eigenvalue weighted by Gasteiger charge is 2.45. The molecule has 7 N–H and O–H groups in total. The quantitative estimate of drug-likeness (QED) is 0.321. The average molecular weight is 402 g/mol. The molecule has 1 saturated heterocycles. The van der Waals surface area contributed by atoms with Gasteiger partial charge in [-0.05, 0) is 12.5 Å². The number of rotatable bonds is 5. The van der Waals surface area contributed by atoms with Crippen molar-refractivity contribution in [2.45, 2.75) is 38.0 Å². The lowest BCUT2D eigenvalue weighted by atomic mass is 10.1. The molecule has 3 heterocycles. The van der Waals surface area contributed by atoms with E-state index in [1.807, 2.05) is 31.2 Å². The highest BCUT2D eigenvalue weighted by atomic mass is 16.6. The molecular weight excluding hydrogens is 380 g/mol. The van der Waals surface area contributed by atoms with Crippen LogP contribution in [0.25, 0.3) is 11.2 Å². The number of nitrogens with zero attached hydrogens (tertiary/aromatic N) is 3. The third-order valence-corrected chi connectivity index (χ3v) is 4.91. The molecule has 11 heteroatoms. The number of imidazole rings is 1. The van der Waals surface area contributed by atoms with Crippen molar-refractivity contribution in [2.24, 2.45) is 0 Å². The first-order chi connectivity index (χ1) is 13.9. The highest BCUT2D eigenvalue weighted by molar-refractivity contribution is 5.74. The Balaban J connectivity index is 1.77. The second-order valence-corrected chi connectivity index (χ2v) is 7.00. The minimum Gasteiger partial charge on any atom is -0.394 e. The fourth-order valence-corrected chi connectivity index (χ4v) is 3.35. The Hall–Kier alpha value is -2.99. The predicted octanol–water partition coefficient (Wildman–Crippen LogP) is -0.766. The van der Waals surface area contributed by atoms with Crippen LogP contribution in [0.3, 0.4) is 0 Å². The first kappa shape index (κ1) is 19.3. The summed E-state index contributed by atoms with van der Waals surface area (Å²) in [5.74, 6) is 0.0829. The number of nitrogens with one attached hydrogen (secondary N) is 2. The number of benzene rings is 1. The van der Waals surface area contributed by atoms with E-state index in [0.717, 1.165) is 11.1 Å². The van der Waals surface area contributed by atoms with Gasteiger partial charge in [-0.3, -0.25) is 14.3 Å². The van der Waals surface area contributed by atoms with E-state index in [1.165, 1.54) is 4.57 Å². The van der Waals surface area contributed by atoms with Crippen LogP contribution in [0.1, 0.15) is 17.4 Å². The molecular formula is C18H22N6O5. The van der Waals surface area contributed by atoms with Crippen molar-refractivity contribution in [1.82, 2.24) is 19.5 Å². The van der Waals surface area contributed by atoms with Gasteiger partial charge >= 0.3 is 0 Å². The molecule has 0 aliphatic carbocycles. The lowest BCUT2D eigenvalue weighted by Gasteiger charge is -2.19. The Bertz CT molecular complexity index is 1080. The number of hydrogen-bond acceptors (Lipinski definition) is 9. The van der Waals surface area contributed by atoms with E-state index in [2.05, 4.69) is 20.3 Å². The van der Waals surface area contributed by atoms with Crippen LogP contribution in [-0.4, -0.2) is 59.8 Å². The molecule has 4 atom stereocenters. The lowest BCUT2D eigenvalue weighted by molar-refractivity contribution is -0.0501. The number of hydrogen-bond donors (Lipinski definition) is 6. The van der Waals surface area contributed by atoms with Crippen LogP contribution in [0.5, 0.6) is 0 Å². The third-order valence-electron chi connectivity index (χ3n) is 4.91. The van der Waals surface area contributed by atoms with Gasteiger partial charge in [-0.25, -0.2) is 4.98 Å². The maximum atomic E-state index is 12.3. The van der Waals surface area contributed by atoms with Gasteiger partial charge < -0.3 is 31.1 Å². The Morgan fingerprint density at radius 1 is 1.24 bits per heavy atom. The smallest absolute Gasteiger partial charge is 0.280 e. The number of aliphatic hydroxyl groups is 3. The summed E-state index contributed by atoms with van der Waals surface area (Å²) < 4.78 is 6.99. The molecule has 29 heavy (non-hydrogen) atoms. The number of anilines is 2. The molecule has 0 spiro atoms. The van der Waals surface area contributed by atoms with Gasteiger partial charge in [0.1, 0.15) is 18.3 Å². The molecule has 2 aromatic heterocycles. The van der Waals surface area contributed by atoms with Crippen LogP contribution in [0, 0.1) is 6.92 Å². The van der Waals surface area contributed by atoms with Crippen molar-refractivity contribution < 1.29 is 20.1 Å². The molecule has 0 saturated carbocycles. The van der Waals surface area contributed by atoms with Crippen LogP contribution >= 0.6 is 0 Å². The van der Waals surface area contributed by atoms with Gasteiger partial charge in [0.05, 0.1) is 6.61 Å². The van der Waals surface area contributed by atoms with Gasteiger partial charge in [0.2, 0.25) is 11.9 Å². The molecule has 1 aliphatic rings. The zero-order chi connectivity index (χ0) is 20.7. The van der Waals surface area contributed by atoms with E-state index in [4.69, 9.17) is 10.5 Å².